The summed E-state index contributed by atoms with van der Waals surface area (Å²) in [6, 6.07) is 8.32. The lowest BCUT2D eigenvalue weighted by atomic mass is 10.1. The Morgan fingerprint density at radius 1 is 1.15 bits per heavy atom. The number of aryl methyl sites for hydroxylation is 2. The number of anilines is 1. The van der Waals surface area contributed by atoms with E-state index in [-0.39, 0.29) is 0 Å². The van der Waals surface area contributed by atoms with Crippen molar-refractivity contribution in [1.29, 1.82) is 0 Å². The summed E-state index contributed by atoms with van der Waals surface area (Å²) in [7, 11) is 0. The van der Waals surface area contributed by atoms with Crippen molar-refractivity contribution in [1.82, 2.24) is 15.3 Å². The van der Waals surface area contributed by atoms with E-state index in [2.05, 4.69) is 52.2 Å². The van der Waals surface area contributed by atoms with Gasteiger partial charge in [0, 0.05) is 31.7 Å². The molecular weight excluding hydrogens is 248 g/mol. The average molecular weight is 268 g/mol. The Balaban J connectivity index is 1.90. The van der Waals surface area contributed by atoms with Crippen LogP contribution in [0.4, 0.5) is 5.69 Å². The Hall–Kier alpha value is -1.94. The molecule has 0 saturated carbocycles. The van der Waals surface area contributed by atoms with Crippen LogP contribution in [0.3, 0.4) is 0 Å². The second-order valence-corrected chi connectivity index (χ2v) is 5.27. The van der Waals surface area contributed by atoms with Crippen LogP contribution in [0, 0.1) is 13.8 Å². The minimum atomic E-state index is 0.810. The highest BCUT2D eigenvalue weighted by Gasteiger charge is 2.14. The van der Waals surface area contributed by atoms with Gasteiger partial charge >= 0.3 is 0 Å². The maximum Gasteiger partial charge on any atom is 0.159 e. The van der Waals surface area contributed by atoms with E-state index in [0.717, 1.165) is 48.9 Å². The Labute approximate surface area is 119 Å². The van der Waals surface area contributed by atoms with E-state index >= 15 is 0 Å². The van der Waals surface area contributed by atoms with Gasteiger partial charge in [0.2, 0.25) is 0 Å². The third-order valence-corrected chi connectivity index (χ3v) is 3.69. The van der Waals surface area contributed by atoms with Crippen LogP contribution in [-0.2, 0) is 0 Å². The van der Waals surface area contributed by atoms with E-state index < -0.39 is 0 Å². The zero-order valence-electron chi connectivity index (χ0n) is 12.1. The van der Waals surface area contributed by atoms with Crippen LogP contribution in [0.5, 0.6) is 0 Å². The van der Waals surface area contributed by atoms with Crippen molar-refractivity contribution in [2.75, 3.05) is 31.1 Å². The Morgan fingerprint density at radius 2 is 1.95 bits per heavy atom. The number of benzene rings is 1. The van der Waals surface area contributed by atoms with Gasteiger partial charge in [-0.2, -0.15) is 0 Å². The molecule has 3 rings (SSSR count). The van der Waals surface area contributed by atoms with E-state index in [0.29, 0.717) is 0 Å². The van der Waals surface area contributed by atoms with Gasteiger partial charge in [0.15, 0.2) is 5.82 Å². The van der Waals surface area contributed by atoms with Crippen molar-refractivity contribution >= 4 is 5.69 Å². The predicted molar refractivity (Wildman–Crippen MR) is 82.0 cm³/mol. The molecule has 1 aromatic heterocycles. The first kappa shape index (κ1) is 13.1. The summed E-state index contributed by atoms with van der Waals surface area (Å²) >= 11 is 0. The quantitative estimate of drug-likeness (QED) is 0.906. The standard InChI is InChI=1S/C16H20N4/c1-12-4-3-5-14(10-12)16-18-11-15(13(2)19-16)20-8-6-17-7-9-20/h3-5,10-11,17H,6-9H2,1-2H3. The molecule has 0 aliphatic carbocycles. The van der Waals surface area contributed by atoms with Gasteiger partial charge in [-0.25, -0.2) is 9.97 Å². The van der Waals surface area contributed by atoms with Gasteiger partial charge in [0.25, 0.3) is 0 Å². The van der Waals surface area contributed by atoms with E-state index in [4.69, 9.17) is 0 Å². The summed E-state index contributed by atoms with van der Waals surface area (Å²) in [5.74, 6) is 0.810. The maximum absolute atomic E-state index is 4.69. The molecule has 0 radical (unpaired) electrons. The van der Waals surface area contributed by atoms with Crippen LogP contribution in [0.15, 0.2) is 30.5 Å². The molecular formula is C16H20N4. The molecule has 4 nitrogen and oxygen atoms in total. The van der Waals surface area contributed by atoms with Crippen molar-refractivity contribution in [3.8, 4) is 11.4 Å². The highest BCUT2D eigenvalue weighted by atomic mass is 15.2. The highest BCUT2D eigenvalue weighted by Crippen LogP contribution is 2.22. The van der Waals surface area contributed by atoms with Crippen LogP contribution in [0.25, 0.3) is 11.4 Å². The lowest BCUT2D eigenvalue weighted by Gasteiger charge is -2.30. The topological polar surface area (TPSA) is 41.1 Å². The van der Waals surface area contributed by atoms with Crippen LogP contribution < -0.4 is 10.2 Å². The fourth-order valence-electron chi connectivity index (χ4n) is 2.60. The van der Waals surface area contributed by atoms with Crippen LogP contribution in [-0.4, -0.2) is 36.1 Å². The molecule has 0 amide bonds. The van der Waals surface area contributed by atoms with Crippen LogP contribution in [0.2, 0.25) is 0 Å². The number of nitrogens with zero attached hydrogens (tertiary/aromatic N) is 3. The molecule has 1 aromatic carbocycles. The fraction of sp³-hybridized carbons (Fsp3) is 0.375. The smallest absolute Gasteiger partial charge is 0.159 e. The summed E-state index contributed by atoms with van der Waals surface area (Å²) in [5.41, 5.74) is 4.52. The minimum Gasteiger partial charge on any atom is -0.366 e. The Morgan fingerprint density at radius 3 is 2.65 bits per heavy atom. The molecule has 1 aliphatic rings. The zero-order chi connectivity index (χ0) is 13.9. The molecule has 1 N–H and O–H groups in total. The molecule has 0 unspecified atom stereocenters. The third-order valence-electron chi connectivity index (χ3n) is 3.69. The molecule has 0 atom stereocenters. The van der Waals surface area contributed by atoms with Crippen LogP contribution in [0.1, 0.15) is 11.3 Å². The average Bonchev–Trinajstić information content (AvgIpc) is 2.48. The zero-order valence-corrected chi connectivity index (χ0v) is 12.1. The van der Waals surface area contributed by atoms with Crippen molar-refractivity contribution in [3.05, 3.63) is 41.7 Å². The van der Waals surface area contributed by atoms with Gasteiger partial charge in [-0.15, -0.1) is 0 Å². The normalized spacial score (nSPS) is 15.4. The van der Waals surface area contributed by atoms with E-state index in [9.17, 15) is 0 Å². The third kappa shape index (κ3) is 2.65. The van der Waals surface area contributed by atoms with E-state index in [1.54, 1.807) is 0 Å². The summed E-state index contributed by atoms with van der Waals surface area (Å²) in [4.78, 5) is 11.6. The number of hydrogen-bond acceptors (Lipinski definition) is 4. The molecule has 2 heterocycles. The molecule has 1 fully saturated rings. The van der Waals surface area contributed by atoms with Gasteiger partial charge in [-0.05, 0) is 19.9 Å². The highest BCUT2D eigenvalue weighted by molar-refractivity contribution is 5.59. The largest absolute Gasteiger partial charge is 0.366 e. The Bertz CT molecular complexity index is 603. The van der Waals surface area contributed by atoms with Crippen molar-refractivity contribution < 1.29 is 0 Å². The van der Waals surface area contributed by atoms with Gasteiger partial charge < -0.3 is 10.2 Å². The van der Waals surface area contributed by atoms with Gasteiger partial charge in [0.05, 0.1) is 17.6 Å². The number of rotatable bonds is 2. The first-order valence-electron chi connectivity index (χ1n) is 7.10. The van der Waals surface area contributed by atoms with Gasteiger partial charge in [-0.1, -0.05) is 23.8 Å². The molecule has 1 aliphatic heterocycles. The summed E-state index contributed by atoms with van der Waals surface area (Å²) < 4.78 is 0. The predicted octanol–water partition coefficient (Wildman–Crippen LogP) is 2.17. The first-order chi connectivity index (χ1) is 9.74. The number of nitrogens with one attached hydrogen (secondary N) is 1. The Kier molecular flexibility index (Phi) is 3.65. The SMILES string of the molecule is Cc1cccc(-c2ncc(N3CCNCC3)c(C)n2)c1. The molecule has 2 aromatic rings. The summed E-state index contributed by atoms with van der Waals surface area (Å²) in [5, 5.41) is 3.36. The van der Waals surface area contributed by atoms with Gasteiger partial charge in [0.1, 0.15) is 0 Å². The molecule has 4 heteroatoms. The van der Waals surface area contributed by atoms with Crippen molar-refractivity contribution in [2.45, 2.75) is 13.8 Å². The second-order valence-electron chi connectivity index (χ2n) is 5.27. The first-order valence-corrected chi connectivity index (χ1v) is 7.10. The van der Waals surface area contributed by atoms with E-state index in [1.165, 1.54) is 5.56 Å². The van der Waals surface area contributed by atoms with Gasteiger partial charge in [-0.3, -0.25) is 0 Å². The number of aromatic nitrogens is 2. The van der Waals surface area contributed by atoms with Crippen molar-refractivity contribution in [2.24, 2.45) is 0 Å². The lowest BCUT2D eigenvalue weighted by Crippen LogP contribution is -2.43. The van der Waals surface area contributed by atoms with Crippen LogP contribution >= 0.6 is 0 Å². The second kappa shape index (κ2) is 5.59. The summed E-state index contributed by atoms with van der Waals surface area (Å²) in [6.07, 6.45) is 1.96. The molecule has 0 spiro atoms. The number of hydrogen-bond donors (Lipinski definition) is 1. The minimum absolute atomic E-state index is 0.810. The monoisotopic (exact) mass is 268 g/mol. The summed E-state index contributed by atoms with van der Waals surface area (Å²) in [6.45, 7) is 8.25. The number of piperazine rings is 1. The molecule has 0 bridgehead atoms. The molecule has 104 valence electrons. The lowest BCUT2D eigenvalue weighted by molar-refractivity contribution is 0.587. The molecule has 20 heavy (non-hydrogen) atoms. The van der Waals surface area contributed by atoms with Crippen molar-refractivity contribution in [3.63, 3.8) is 0 Å². The van der Waals surface area contributed by atoms with E-state index in [1.807, 2.05) is 12.3 Å². The fourth-order valence-corrected chi connectivity index (χ4v) is 2.60. The molecule has 1 saturated heterocycles. The maximum atomic E-state index is 4.69.